The van der Waals surface area contributed by atoms with Crippen LogP contribution in [-0.2, 0) is 9.53 Å². The summed E-state index contributed by atoms with van der Waals surface area (Å²) in [5.41, 5.74) is 5.41. The van der Waals surface area contributed by atoms with Gasteiger partial charge in [-0.2, -0.15) is 0 Å². The van der Waals surface area contributed by atoms with Gasteiger partial charge in [0.1, 0.15) is 6.10 Å². The molecule has 0 aromatic carbocycles. The van der Waals surface area contributed by atoms with E-state index in [0.717, 1.165) is 25.7 Å². The van der Waals surface area contributed by atoms with Crippen molar-refractivity contribution < 1.29 is 9.53 Å². The summed E-state index contributed by atoms with van der Waals surface area (Å²) in [6, 6.07) is 0. The Morgan fingerprint density at radius 1 is 1.40 bits per heavy atom. The fraction of sp³-hybridized carbons (Fsp3) is 0.917. The minimum absolute atomic E-state index is 0.00970. The van der Waals surface area contributed by atoms with E-state index in [-0.39, 0.29) is 18.0 Å². The van der Waals surface area contributed by atoms with Crippen molar-refractivity contribution in [3.05, 3.63) is 0 Å². The average molecular weight is 213 g/mol. The third kappa shape index (κ3) is 4.65. The van der Waals surface area contributed by atoms with Crippen LogP contribution in [0.5, 0.6) is 0 Å². The molecule has 0 heterocycles. The molecule has 1 unspecified atom stereocenters. The first-order valence-electron chi connectivity index (χ1n) is 6.14. The first-order chi connectivity index (χ1) is 7.24. The van der Waals surface area contributed by atoms with Crippen LogP contribution in [0.2, 0.25) is 0 Å². The molecule has 0 amide bonds. The Bertz CT molecular complexity index is 188. The standard InChI is InChI=1S/C12H23NO2/c1-10(6-5-9-13)12(14)15-11-7-3-2-4-8-11/h10-11H,2-9,13H2,1H3. The second-order valence-corrected chi connectivity index (χ2v) is 4.53. The van der Waals surface area contributed by atoms with Crippen LogP contribution in [0, 0.1) is 5.92 Å². The van der Waals surface area contributed by atoms with Crippen LogP contribution in [-0.4, -0.2) is 18.6 Å². The summed E-state index contributed by atoms with van der Waals surface area (Å²) in [7, 11) is 0. The maximum Gasteiger partial charge on any atom is 0.308 e. The quantitative estimate of drug-likeness (QED) is 0.712. The SMILES string of the molecule is CC(CCCN)C(=O)OC1CCCCC1. The summed E-state index contributed by atoms with van der Waals surface area (Å²) in [5, 5.41) is 0. The van der Waals surface area contributed by atoms with Gasteiger partial charge in [0.2, 0.25) is 0 Å². The number of carbonyl (C=O) groups is 1. The Hall–Kier alpha value is -0.570. The lowest BCUT2D eigenvalue weighted by atomic mass is 9.97. The molecule has 15 heavy (non-hydrogen) atoms. The molecule has 0 aromatic heterocycles. The van der Waals surface area contributed by atoms with Gasteiger partial charge in [-0.25, -0.2) is 0 Å². The van der Waals surface area contributed by atoms with Gasteiger partial charge in [-0.3, -0.25) is 4.79 Å². The highest BCUT2D eigenvalue weighted by Gasteiger charge is 2.21. The van der Waals surface area contributed by atoms with Crippen molar-refractivity contribution in [2.75, 3.05) is 6.54 Å². The second-order valence-electron chi connectivity index (χ2n) is 4.53. The molecule has 1 aliphatic carbocycles. The Balaban J connectivity index is 2.20. The highest BCUT2D eigenvalue weighted by atomic mass is 16.5. The molecular formula is C12H23NO2. The molecule has 3 nitrogen and oxygen atoms in total. The normalized spacial score (nSPS) is 19.9. The molecule has 2 N–H and O–H groups in total. The van der Waals surface area contributed by atoms with Crippen LogP contribution in [0.3, 0.4) is 0 Å². The van der Waals surface area contributed by atoms with E-state index in [1.807, 2.05) is 6.92 Å². The summed E-state index contributed by atoms with van der Waals surface area (Å²) >= 11 is 0. The molecule has 1 aliphatic rings. The van der Waals surface area contributed by atoms with E-state index >= 15 is 0 Å². The molecule has 1 fully saturated rings. The lowest BCUT2D eigenvalue weighted by Gasteiger charge is -2.23. The third-order valence-corrected chi connectivity index (χ3v) is 3.08. The van der Waals surface area contributed by atoms with Crippen molar-refractivity contribution in [1.82, 2.24) is 0 Å². The highest BCUT2D eigenvalue weighted by molar-refractivity contribution is 5.72. The van der Waals surface area contributed by atoms with Crippen molar-refractivity contribution in [3.63, 3.8) is 0 Å². The van der Waals surface area contributed by atoms with E-state index in [9.17, 15) is 4.79 Å². The van der Waals surface area contributed by atoms with E-state index in [2.05, 4.69) is 0 Å². The summed E-state index contributed by atoms with van der Waals surface area (Å²) in [5.74, 6) is -0.0224. The predicted molar refractivity (Wildman–Crippen MR) is 60.4 cm³/mol. The third-order valence-electron chi connectivity index (χ3n) is 3.08. The van der Waals surface area contributed by atoms with Gasteiger partial charge < -0.3 is 10.5 Å². The van der Waals surface area contributed by atoms with Crippen LogP contribution < -0.4 is 5.73 Å². The van der Waals surface area contributed by atoms with Crippen molar-refractivity contribution in [3.8, 4) is 0 Å². The van der Waals surface area contributed by atoms with Gasteiger partial charge in [0.25, 0.3) is 0 Å². The summed E-state index contributed by atoms with van der Waals surface area (Å²) in [4.78, 5) is 11.7. The molecule has 0 radical (unpaired) electrons. The average Bonchev–Trinajstić information content (AvgIpc) is 2.27. The zero-order chi connectivity index (χ0) is 11.1. The number of ether oxygens (including phenoxy) is 1. The van der Waals surface area contributed by atoms with Gasteiger partial charge in [-0.1, -0.05) is 13.3 Å². The number of rotatable bonds is 5. The molecular weight excluding hydrogens is 190 g/mol. The highest BCUT2D eigenvalue weighted by Crippen LogP contribution is 2.21. The van der Waals surface area contributed by atoms with Crippen LogP contribution >= 0.6 is 0 Å². The molecule has 0 aromatic rings. The molecule has 3 heteroatoms. The van der Waals surface area contributed by atoms with E-state index in [0.29, 0.717) is 6.54 Å². The monoisotopic (exact) mass is 213 g/mol. The lowest BCUT2D eigenvalue weighted by molar-refractivity contribution is -0.155. The molecule has 0 spiro atoms. The number of nitrogens with two attached hydrogens (primary N) is 1. The van der Waals surface area contributed by atoms with Gasteiger partial charge in [-0.15, -0.1) is 0 Å². The van der Waals surface area contributed by atoms with Crippen molar-refractivity contribution in [1.29, 1.82) is 0 Å². The van der Waals surface area contributed by atoms with E-state index in [1.165, 1.54) is 19.3 Å². The minimum atomic E-state index is -0.0321. The Kier molecular flexibility index (Phi) is 5.69. The Morgan fingerprint density at radius 2 is 2.07 bits per heavy atom. The van der Waals surface area contributed by atoms with Crippen LogP contribution in [0.4, 0.5) is 0 Å². The fourth-order valence-corrected chi connectivity index (χ4v) is 2.01. The van der Waals surface area contributed by atoms with Gasteiger partial charge in [-0.05, 0) is 45.1 Å². The van der Waals surface area contributed by atoms with Crippen LogP contribution in [0.1, 0.15) is 51.9 Å². The lowest BCUT2D eigenvalue weighted by Crippen LogP contribution is -2.25. The van der Waals surface area contributed by atoms with Crippen molar-refractivity contribution in [2.24, 2.45) is 11.7 Å². The molecule has 0 aliphatic heterocycles. The smallest absolute Gasteiger partial charge is 0.308 e. The van der Waals surface area contributed by atoms with Crippen molar-refractivity contribution >= 4 is 5.97 Å². The van der Waals surface area contributed by atoms with Crippen LogP contribution in [0.25, 0.3) is 0 Å². The maximum atomic E-state index is 11.7. The summed E-state index contributed by atoms with van der Waals surface area (Å²) in [6.07, 6.45) is 7.74. The number of carbonyl (C=O) groups excluding carboxylic acids is 1. The molecule has 1 saturated carbocycles. The van der Waals surface area contributed by atoms with Gasteiger partial charge in [0.05, 0.1) is 5.92 Å². The van der Waals surface area contributed by atoms with Gasteiger partial charge in [0, 0.05) is 0 Å². The summed E-state index contributed by atoms with van der Waals surface area (Å²) < 4.78 is 5.47. The Morgan fingerprint density at radius 3 is 2.67 bits per heavy atom. The summed E-state index contributed by atoms with van der Waals surface area (Å²) in [6.45, 7) is 2.59. The fourth-order valence-electron chi connectivity index (χ4n) is 2.01. The molecule has 1 atom stereocenters. The minimum Gasteiger partial charge on any atom is -0.462 e. The van der Waals surface area contributed by atoms with Crippen molar-refractivity contribution in [2.45, 2.75) is 58.0 Å². The second kappa shape index (κ2) is 6.83. The first-order valence-corrected chi connectivity index (χ1v) is 6.14. The number of esters is 1. The predicted octanol–water partition coefficient (Wildman–Crippen LogP) is 2.24. The van der Waals surface area contributed by atoms with Gasteiger partial charge >= 0.3 is 5.97 Å². The van der Waals surface area contributed by atoms with Crippen LogP contribution in [0.15, 0.2) is 0 Å². The topological polar surface area (TPSA) is 52.3 Å². The zero-order valence-corrected chi connectivity index (χ0v) is 9.71. The van der Waals surface area contributed by atoms with E-state index in [4.69, 9.17) is 10.5 Å². The number of hydrogen-bond donors (Lipinski definition) is 1. The van der Waals surface area contributed by atoms with E-state index in [1.54, 1.807) is 0 Å². The number of hydrogen-bond acceptors (Lipinski definition) is 3. The molecule has 1 rings (SSSR count). The van der Waals surface area contributed by atoms with Gasteiger partial charge in [0.15, 0.2) is 0 Å². The first kappa shape index (κ1) is 12.5. The molecule has 0 saturated heterocycles. The molecule has 88 valence electrons. The largest absolute Gasteiger partial charge is 0.462 e. The van der Waals surface area contributed by atoms with E-state index < -0.39 is 0 Å². The zero-order valence-electron chi connectivity index (χ0n) is 9.71. The Labute approximate surface area is 92.4 Å². The molecule has 0 bridgehead atoms. The maximum absolute atomic E-state index is 11.7.